The van der Waals surface area contributed by atoms with Crippen molar-refractivity contribution in [2.75, 3.05) is 159 Å². The quantitative estimate of drug-likeness (QED) is 0.0546. The van der Waals surface area contributed by atoms with Crippen molar-refractivity contribution < 1.29 is 127 Å². The molecular formula is C38H70KO16P. The number of phosphoric acid groups is 1. The molecular weight excluding hydrogens is 782 g/mol. The van der Waals surface area contributed by atoms with Crippen LogP contribution >= 0.6 is 7.82 Å². The number of ether oxygens (including phenoxy) is 12. The van der Waals surface area contributed by atoms with E-state index < -0.39 is 7.82 Å². The van der Waals surface area contributed by atoms with Crippen LogP contribution in [0, 0.1) is 5.41 Å². The first-order valence-corrected chi connectivity index (χ1v) is 20.7. The van der Waals surface area contributed by atoms with Gasteiger partial charge in [-0.1, -0.05) is 46.8 Å². The predicted molar refractivity (Wildman–Crippen MR) is 204 cm³/mol. The minimum Gasteiger partial charge on any atom is -0.756 e. The third-order valence-electron chi connectivity index (χ3n) is 7.31. The third kappa shape index (κ3) is 38.5. The molecule has 18 heteroatoms. The molecule has 56 heavy (non-hydrogen) atoms. The van der Waals surface area contributed by atoms with Crippen LogP contribution in [0.25, 0.3) is 0 Å². The van der Waals surface area contributed by atoms with Crippen molar-refractivity contribution in [3.63, 3.8) is 0 Å². The largest absolute Gasteiger partial charge is 1.00 e. The minimum absolute atomic E-state index is 0. The van der Waals surface area contributed by atoms with Gasteiger partial charge in [0.15, 0.2) is 0 Å². The third-order valence-corrected chi connectivity index (χ3v) is 7.82. The number of phosphoric ester groups is 1. The molecule has 1 aromatic rings. The van der Waals surface area contributed by atoms with Gasteiger partial charge >= 0.3 is 51.4 Å². The summed E-state index contributed by atoms with van der Waals surface area (Å²) < 4.78 is 80.2. The van der Waals surface area contributed by atoms with E-state index in [1.165, 1.54) is 5.56 Å². The maximum atomic E-state index is 10.4. The molecule has 0 saturated heterocycles. The molecule has 0 aliphatic heterocycles. The molecule has 0 amide bonds. The summed E-state index contributed by atoms with van der Waals surface area (Å²) in [6.45, 7) is 21.3. The molecule has 0 aliphatic rings. The van der Waals surface area contributed by atoms with E-state index in [1.54, 1.807) is 0 Å². The molecule has 1 aromatic carbocycles. The van der Waals surface area contributed by atoms with Gasteiger partial charge in [-0.25, -0.2) is 0 Å². The van der Waals surface area contributed by atoms with Crippen LogP contribution in [0.5, 0.6) is 5.75 Å². The van der Waals surface area contributed by atoms with Gasteiger partial charge in [0.05, 0.1) is 152 Å². The molecule has 16 nitrogen and oxygen atoms in total. The molecule has 0 spiro atoms. The van der Waals surface area contributed by atoms with Gasteiger partial charge < -0.3 is 71.2 Å². The summed E-state index contributed by atoms with van der Waals surface area (Å²) >= 11 is 0. The van der Waals surface area contributed by atoms with Crippen molar-refractivity contribution in [3.05, 3.63) is 29.8 Å². The smallest absolute Gasteiger partial charge is 0.756 e. The summed E-state index contributed by atoms with van der Waals surface area (Å²) in [6.07, 6.45) is 1.11. The van der Waals surface area contributed by atoms with E-state index in [9.17, 15) is 9.46 Å². The average molecular weight is 853 g/mol. The Morgan fingerprint density at radius 3 is 0.964 bits per heavy atom. The molecule has 1 unspecified atom stereocenters. The molecule has 0 aromatic heterocycles. The van der Waals surface area contributed by atoms with E-state index in [1.807, 2.05) is 12.1 Å². The van der Waals surface area contributed by atoms with Crippen LogP contribution < -0.4 is 61.0 Å². The summed E-state index contributed by atoms with van der Waals surface area (Å²) in [4.78, 5) is 18.8. The Morgan fingerprint density at radius 2 is 0.714 bits per heavy atom. The molecule has 0 fully saturated rings. The van der Waals surface area contributed by atoms with Gasteiger partial charge in [-0.15, -0.1) is 0 Å². The number of rotatable bonds is 40. The molecule has 0 radical (unpaired) electrons. The van der Waals surface area contributed by atoms with Gasteiger partial charge in [-0.3, -0.25) is 4.57 Å². The van der Waals surface area contributed by atoms with Crippen LogP contribution in [0.2, 0.25) is 0 Å². The maximum Gasteiger partial charge on any atom is 1.00 e. The van der Waals surface area contributed by atoms with Crippen molar-refractivity contribution in [2.24, 2.45) is 5.41 Å². The Kier molecular flexibility index (Phi) is 37.3. The summed E-state index contributed by atoms with van der Waals surface area (Å²) in [6, 6.07) is 8.39. The van der Waals surface area contributed by atoms with Crippen LogP contribution in [-0.2, 0) is 66.6 Å². The fourth-order valence-corrected chi connectivity index (χ4v) is 5.47. The molecule has 0 saturated carbocycles. The van der Waals surface area contributed by atoms with Gasteiger partial charge in [0.25, 0.3) is 7.82 Å². The van der Waals surface area contributed by atoms with Crippen LogP contribution in [-0.4, -0.2) is 163 Å². The van der Waals surface area contributed by atoms with Gasteiger partial charge in [0.1, 0.15) is 12.4 Å². The predicted octanol–water partition coefficient (Wildman–Crippen LogP) is 0.443. The monoisotopic (exact) mass is 852 g/mol. The Morgan fingerprint density at radius 1 is 0.464 bits per heavy atom. The van der Waals surface area contributed by atoms with Crippen molar-refractivity contribution in [1.82, 2.24) is 0 Å². The van der Waals surface area contributed by atoms with Gasteiger partial charge in [0, 0.05) is 0 Å². The standard InChI is InChI=1S/C38H71O16P.K/c1-37(2,3)34-38(4,5)35-6-8-36(9-7-35)53-32-30-51-28-26-49-24-22-47-20-18-45-16-14-43-12-10-42-11-13-44-15-17-46-19-21-48-23-25-50-27-29-52-31-33-54-55(39,40)41;/h6-9H,10-34H2,1-5H3,(H2,39,40,41);/q;+1/p-1. The Bertz CT molecular complexity index is 1040. The Hall–Kier alpha value is 0.326. The van der Waals surface area contributed by atoms with E-state index in [-0.39, 0.29) is 82.0 Å². The number of benzene rings is 1. The van der Waals surface area contributed by atoms with E-state index in [2.05, 4.69) is 51.3 Å². The zero-order valence-corrected chi connectivity index (χ0v) is 39.0. The second kappa shape index (κ2) is 37.1. The normalized spacial score (nSPS) is 13.1. The van der Waals surface area contributed by atoms with E-state index in [0.717, 1.165) is 12.2 Å². The number of hydrogen-bond donors (Lipinski definition) is 1. The first-order valence-electron chi connectivity index (χ1n) is 19.2. The first kappa shape index (κ1) is 56.3. The van der Waals surface area contributed by atoms with Crippen LogP contribution in [0.1, 0.15) is 46.6 Å². The fourth-order valence-electron chi connectivity index (χ4n) is 5.16. The fraction of sp³-hybridized carbons (Fsp3) is 0.842. The average Bonchev–Trinajstić information content (AvgIpc) is 3.11. The van der Waals surface area contributed by atoms with Crippen molar-refractivity contribution in [2.45, 2.75) is 46.5 Å². The zero-order chi connectivity index (χ0) is 40.4. The topological polar surface area (TPSA) is 180 Å². The van der Waals surface area contributed by atoms with Crippen LogP contribution in [0.15, 0.2) is 24.3 Å². The van der Waals surface area contributed by atoms with E-state index in [0.29, 0.717) is 139 Å². The zero-order valence-electron chi connectivity index (χ0n) is 35.0. The van der Waals surface area contributed by atoms with Gasteiger partial charge in [0.2, 0.25) is 0 Å². The summed E-state index contributed by atoms with van der Waals surface area (Å²) in [7, 11) is -4.69. The molecule has 0 heterocycles. The molecule has 1 rings (SSSR count). The molecule has 1 atom stereocenters. The summed E-state index contributed by atoms with van der Waals surface area (Å²) in [5, 5.41) is 0. The minimum atomic E-state index is -4.69. The summed E-state index contributed by atoms with van der Waals surface area (Å²) in [5.41, 5.74) is 1.71. The van der Waals surface area contributed by atoms with Crippen molar-refractivity contribution in [3.8, 4) is 5.75 Å². The van der Waals surface area contributed by atoms with Crippen LogP contribution in [0.4, 0.5) is 0 Å². The van der Waals surface area contributed by atoms with E-state index in [4.69, 9.17) is 61.7 Å². The van der Waals surface area contributed by atoms with Gasteiger partial charge in [-0.2, -0.15) is 0 Å². The molecule has 0 bridgehead atoms. The SMILES string of the molecule is CC(C)(C)CC(C)(C)c1ccc(OCCOCCOCCOCCOCCOCCOCCOCCOCCOCCOCCOCCOP(=O)([O-])O)cc1.[K+]. The van der Waals surface area contributed by atoms with Crippen molar-refractivity contribution >= 4 is 7.82 Å². The summed E-state index contributed by atoms with van der Waals surface area (Å²) in [5.74, 6) is 0.852. The first-order chi connectivity index (χ1) is 26.4. The maximum absolute atomic E-state index is 10.4. The Labute approximate surface area is 378 Å². The number of hydrogen-bond acceptors (Lipinski definition) is 15. The molecule has 0 aliphatic carbocycles. The Balaban J connectivity index is 0.0000302. The van der Waals surface area contributed by atoms with Crippen molar-refractivity contribution in [1.29, 1.82) is 0 Å². The van der Waals surface area contributed by atoms with Gasteiger partial charge in [-0.05, 0) is 34.9 Å². The molecule has 324 valence electrons. The molecule has 1 N–H and O–H groups in total. The van der Waals surface area contributed by atoms with Crippen LogP contribution in [0.3, 0.4) is 0 Å². The second-order valence-corrected chi connectivity index (χ2v) is 15.2. The van der Waals surface area contributed by atoms with E-state index >= 15 is 0 Å². The second-order valence-electron chi connectivity index (χ2n) is 14.0.